The summed E-state index contributed by atoms with van der Waals surface area (Å²) in [6.45, 7) is 3.44. The number of aromatic hydroxyl groups is 1. The van der Waals surface area contributed by atoms with Crippen molar-refractivity contribution in [2.45, 2.75) is 0 Å². The van der Waals surface area contributed by atoms with E-state index in [-0.39, 0.29) is 5.75 Å². The first kappa shape index (κ1) is 14.8. The van der Waals surface area contributed by atoms with Crippen LogP contribution in [0.4, 0.5) is 17.2 Å². The maximum absolute atomic E-state index is 9.83. The average Bonchev–Trinajstić information content (AvgIpc) is 2.63. The predicted molar refractivity (Wildman–Crippen MR) is 96.2 cm³/mol. The van der Waals surface area contributed by atoms with E-state index in [2.05, 4.69) is 39.5 Å². The van der Waals surface area contributed by atoms with E-state index in [1.807, 2.05) is 18.2 Å². The summed E-state index contributed by atoms with van der Waals surface area (Å²) >= 11 is 0. The van der Waals surface area contributed by atoms with E-state index in [1.54, 1.807) is 12.1 Å². The normalized spacial score (nSPS) is 14.8. The summed E-state index contributed by atoms with van der Waals surface area (Å²) in [4.78, 5) is 6.87. The number of hydrogen-bond acceptors (Lipinski definition) is 5. The number of phenols is 1. The van der Waals surface area contributed by atoms with E-state index in [4.69, 9.17) is 4.74 Å². The van der Waals surface area contributed by atoms with Crippen molar-refractivity contribution in [3.05, 3.63) is 54.6 Å². The third-order valence-corrected chi connectivity index (χ3v) is 4.22. The lowest BCUT2D eigenvalue weighted by Crippen LogP contribution is -2.36. The topological polar surface area (TPSA) is 57.6 Å². The van der Waals surface area contributed by atoms with Crippen molar-refractivity contribution in [2.24, 2.45) is 0 Å². The van der Waals surface area contributed by atoms with E-state index in [0.29, 0.717) is 0 Å². The fraction of sp³-hybridized carbons (Fsp3) is 0.211. The Morgan fingerprint density at radius 1 is 0.958 bits per heavy atom. The second-order valence-electron chi connectivity index (χ2n) is 5.81. The number of ether oxygens (including phenoxy) is 1. The number of pyridine rings is 1. The van der Waals surface area contributed by atoms with E-state index < -0.39 is 0 Å². The molecule has 0 saturated carbocycles. The Bertz CT molecular complexity index is 843. The molecule has 0 bridgehead atoms. The first-order chi connectivity index (χ1) is 11.8. The lowest BCUT2D eigenvalue weighted by atomic mass is 10.2. The third kappa shape index (κ3) is 2.98. The van der Waals surface area contributed by atoms with E-state index in [9.17, 15) is 5.11 Å². The molecule has 2 N–H and O–H groups in total. The number of anilines is 3. The molecule has 2 heterocycles. The minimum Gasteiger partial charge on any atom is -0.507 e. The van der Waals surface area contributed by atoms with Crippen LogP contribution in [0.25, 0.3) is 10.9 Å². The largest absolute Gasteiger partial charge is 0.507 e. The van der Waals surface area contributed by atoms with Gasteiger partial charge in [0, 0.05) is 29.9 Å². The van der Waals surface area contributed by atoms with Gasteiger partial charge in [0.15, 0.2) is 0 Å². The minimum absolute atomic E-state index is 0.251. The van der Waals surface area contributed by atoms with Crippen LogP contribution in [0, 0.1) is 0 Å². The molecule has 1 aliphatic heterocycles. The van der Waals surface area contributed by atoms with Crippen molar-refractivity contribution in [3.8, 4) is 5.75 Å². The summed E-state index contributed by atoms with van der Waals surface area (Å²) < 4.78 is 5.39. The predicted octanol–water partition coefficient (Wildman–Crippen LogP) is 3.52. The highest BCUT2D eigenvalue weighted by molar-refractivity contribution is 5.86. The Balaban J connectivity index is 1.52. The van der Waals surface area contributed by atoms with Gasteiger partial charge in [0.2, 0.25) is 0 Å². The first-order valence-electron chi connectivity index (χ1n) is 8.08. The van der Waals surface area contributed by atoms with Crippen LogP contribution in [0.2, 0.25) is 0 Å². The Kier molecular flexibility index (Phi) is 3.92. The standard InChI is InChI=1S/C19H19N3O2/c23-18-3-1-2-17-16(18)8-9-19(21-17)20-14-4-6-15(7-5-14)22-10-12-24-13-11-22/h1-9,23H,10-13H2,(H,20,21). The first-order valence-corrected chi connectivity index (χ1v) is 8.08. The van der Waals surface area contributed by atoms with Crippen LogP contribution in [0.3, 0.4) is 0 Å². The summed E-state index contributed by atoms with van der Waals surface area (Å²) in [5.41, 5.74) is 2.96. The van der Waals surface area contributed by atoms with Crippen LogP contribution in [-0.4, -0.2) is 36.4 Å². The van der Waals surface area contributed by atoms with Gasteiger partial charge in [-0.25, -0.2) is 4.98 Å². The van der Waals surface area contributed by atoms with Crippen LogP contribution in [0.5, 0.6) is 5.75 Å². The number of phenolic OH excluding ortho intramolecular Hbond substituents is 1. The molecule has 0 amide bonds. The van der Waals surface area contributed by atoms with Crippen LogP contribution >= 0.6 is 0 Å². The minimum atomic E-state index is 0.251. The molecule has 5 heteroatoms. The molecule has 0 aliphatic carbocycles. The zero-order chi connectivity index (χ0) is 16.4. The van der Waals surface area contributed by atoms with Gasteiger partial charge >= 0.3 is 0 Å². The number of nitrogens with one attached hydrogen (secondary N) is 1. The number of fused-ring (bicyclic) bond motifs is 1. The highest BCUT2D eigenvalue weighted by Crippen LogP contribution is 2.26. The molecule has 4 rings (SSSR count). The van der Waals surface area contributed by atoms with E-state index >= 15 is 0 Å². The molecule has 1 fully saturated rings. The number of aromatic nitrogens is 1. The zero-order valence-corrected chi connectivity index (χ0v) is 13.3. The SMILES string of the molecule is Oc1cccc2nc(Nc3ccc(N4CCOCC4)cc3)ccc12. The molecule has 5 nitrogen and oxygen atoms in total. The van der Waals surface area contributed by atoms with Crippen LogP contribution in [0.1, 0.15) is 0 Å². The molecule has 1 saturated heterocycles. The van der Waals surface area contributed by atoms with E-state index in [1.165, 1.54) is 5.69 Å². The monoisotopic (exact) mass is 321 g/mol. The second-order valence-corrected chi connectivity index (χ2v) is 5.81. The summed E-state index contributed by atoms with van der Waals surface area (Å²) in [6, 6.07) is 17.4. The molecular weight excluding hydrogens is 302 g/mol. The zero-order valence-electron chi connectivity index (χ0n) is 13.3. The molecular formula is C19H19N3O2. The molecule has 1 aliphatic rings. The van der Waals surface area contributed by atoms with Gasteiger partial charge in [0.1, 0.15) is 11.6 Å². The molecule has 0 unspecified atom stereocenters. The van der Waals surface area contributed by atoms with Crippen molar-refractivity contribution < 1.29 is 9.84 Å². The van der Waals surface area contributed by atoms with E-state index in [0.717, 1.165) is 48.7 Å². The Morgan fingerprint density at radius 2 is 1.75 bits per heavy atom. The van der Waals surface area contributed by atoms with Gasteiger partial charge in [-0.05, 0) is 48.5 Å². The fourth-order valence-corrected chi connectivity index (χ4v) is 2.93. The Hall–Kier alpha value is -2.79. The lowest BCUT2D eigenvalue weighted by molar-refractivity contribution is 0.122. The van der Waals surface area contributed by atoms with Gasteiger partial charge < -0.3 is 20.1 Å². The molecule has 122 valence electrons. The van der Waals surface area contributed by atoms with Crippen LogP contribution in [0.15, 0.2) is 54.6 Å². The second kappa shape index (κ2) is 6.37. The smallest absolute Gasteiger partial charge is 0.131 e. The van der Waals surface area contributed by atoms with Crippen LogP contribution < -0.4 is 10.2 Å². The van der Waals surface area contributed by atoms with Crippen molar-refractivity contribution in [1.82, 2.24) is 4.98 Å². The van der Waals surface area contributed by atoms with Crippen molar-refractivity contribution in [3.63, 3.8) is 0 Å². The van der Waals surface area contributed by atoms with Crippen molar-refractivity contribution >= 4 is 28.1 Å². The van der Waals surface area contributed by atoms with Gasteiger partial charge in [-0.15, -0.1) is 0 Å². The molecule has 0 radical (unpaired) electrons. The number of hydrogen-bond donors (Lipinski definition) is 2. The fourth-order valence-electron chi connectivity index (χ4n) is 2.93. The quantitative estimate of drug-likeness (QED) is 0.773. The number of morpholine rings is 1. The number of benzene rings is 2. The summed E-state index contributed by atoms with van der Waals surface area (Å²) in [6.07, 6.45) is 0. The maximum atomic E-state index is 9.83. The van der Waals surface area contributed by atoms with Gasteiger partial charge in [0.25, 0.3) is 0 Å². The van der Waals surface area contributed by atoms with Gasteiger partial charge in [0.05, 0.1) is 18.7 Å². The van der Waals surface area contributed by atoms with Crippen molar-refractivity contribution in [2.75, 3.05) is 36.5 Å². The Labute approximate surface area is 140 Å². The molecule has 1 aromatic heterocycles. The molecule has 3 aromatic rings. The maximum Gasteiger partial charge on any atom is 0.131 e. The molecule has 0 atom stereocenters. The number of rotatable bonds is 3. The summed E-state index contributed by atoms with van der Waals surface area (Å²) in [5, 5.41) is 13.9. The highest BCUT2D eigenvalue weighted by atomic mass is 16.5. The van der Waals surface area contributed by atoms with Gasteiger partial charge in [-0.3, -0.25) is 0 Å². The Morgan fingerprint density at radius 3 is 2.54 bits per heavy atom. The average molecular weight is 321 g/mol. The molecule has 24 heavy (non-hydrogen) atoms. The van der Waals surface area contributed by atoms with Crippen LogP contribution in [-0.2, 0) is 4.74 Å². The molecule has 0 spiro atoms. The third-order valence-electron chi connectivity index (χ3n) is 4.22. The van der Waals surface area contributed by atoms with Gasteiger partial charge in [-0.2, -0.15) is 0 Å². The highest BCUT2D eigenvalue weighted by Gasteiger charge is 2.10. The molecule has 2 aromatic carbocycles. The van der Waals surface area contributed by atoms with Gasteiger partial charge in [-0.1, -0.05) is 6.07 Å². The summed E-state index contributed by atoms with van der Waals surface area (Å²) in [5.74, 6) is 1.01. The van der Waals surface area contributed by atoms with Crippen molar-refractivity contribution in [1.29, 1.82) is 0 Å². The lowest BCUT2D eigenvalue weighted by Gasteiger charge is -2.28. The summed E-state index contributed by atoms with van der Waals surface area (Å²) in [7, 11) is 0. The number of nitrogens with zero attached hydrogens (tertiary/aromatic N) is 2.